The van der Waals surface area contributed by atoms with E-state index in [0.717, 1.165) is 89.3 Å². The zero-order valence-electron chi connectivity index (χ0n) is 42.3. The van der Waals surface area contributed by atoms with Crippen molar-refractivity contribution in [2.75, 3.05) is 9.80 Å². The summed E-state index contributed by atoms with van der Waals surface area (Å²) in [6, 6.07) is 75.5. The van der Waals surface area contributed by atoms with E-state index in [0.29, 0.717) is 0 Å². The van der Waals surface area contributed by atoms with Crippen molar-refractivity contribution in [3.05, 3.63) is 217 Å². The van der Waals surface area contributed by atoms with Gasteiger partial charge in [-0.3, -0.25) is 8.80 Å². The Bertz CT molecular complexity index is 4330. The van der Waals surface area contributed by atoms with Gasteiger partial charge in [0.2, 0.25) is 0 Å². The van der Waals surface area contributed by atoms with Gasteiger partial charge in [0.15, 0.2) is 11.3 Å². The van der Waals surface area contributed by atoms with Gasteiger partial charge in [0.1, 0.15) is 11.0 Å². The number of rotatable bonds is 6. The van der Waals surface area contributed by atoms with Crippen LogP contribution in [-0.2, 0) is 10.8 Å². The fourth-order valence-electron chi connectivity index (χ4n) is 12.2. The largest absolute Gasteiger partial charge is 0.308 e. The smallest absolute Gasteiger partial charge is 0.165 e. The van der Waals surface area contributed by atoms with Gasteiger partial charge in [0.25, 0.3) is 0 Å². The minimum absolute atomic E-state index is 0.146. The summed E-state index contributed by atoms with van der Waals surface area (Å²) in [5.41, 5.74) is 16.7. The Morgan fingerprint density at radius 2 is 0.649 bits per heavy atom. The molecule has 0 atom stereocenters. The molecule has 0 aliphatic heterocycles. The quantitative estimate of drug-likeness (QED) is 0.167. The van der Waals surface area contributed by atoms with Crippen LogP contribution in [0.1, 0.15) is 52.7 Å². The van der Waals surface area contributed by atoms with E-state index in [9.17, 15) is 0 Å². The highest BCUT2D eigenvalue weighted by molar-refractivity contribution is 6.35. The molecule has 0 unspecified atom stereocenters. The first-order chi connectivity index (χ1) is 36.0. The van der Waals surface area contributed by atoms with E-state index in [4.69, 9.17) is 9.97 Å². The zero-order valence-corrected chi connectivity index (χ0v) is 42.3. The van der Waals surface area contributed by atoms with E-state index in [1.165, 1.54) is 54.2 Å². The Balaban J connectivity index is 1.17. The van der Waals surface area contributed by atoms with Crippen molar-refractivity contribution in [3.8, 4) is 0 Å². The fourth-order valence-corrected chi connectivity index (χ4v) is 12.2. The van der Waals surface area contributed by atoms with Gasteiger partial charge in [-0.05, 0) is 128 Å². The van der Waals surface area contributed by atoms with E-state index >= 15 is 0 Å². The van der Waals surface area contributed by atoms with Gasteiger partial charge in [0, 0.05) is 55.1 Å². The third-order valence-corrected chi connectivity index (χ3v) is 15.7. The standard InChI is InChI=1S/C68H52N6/c1-67(2,3)43-37-51-57-49-33-21-19-23-41(49)35-53-59-65(73(63(53)57)61(51)55(39-43)71(45-25-11-7-12-26-45)46-27-13-8-14-28-46)69-60-54-36-42-24-20-22-34-50(42)58-52-38-44(68(4,5)6)40-56(62(52)74(64(54)58)66(60)70-59)72(47-29-15-9-16-30-47)48-31-17-10-18-32-48/h7-40H,1-6H3. The molecule has 5 aromatic heterocycles. The summed E-state index contributed by atoms with van der Waals surface area (Å²) >= 11 is 0. The first kappa shape index (κ1) is 42.7. The molecule has 15 aromatic rings. The molecule has 0 radical (unpaired) electrons. The second kappa shape index (κ2) is 15.3. The minimum atomic E-state index is -0.146. The summed E-state index contributed by atoms with van der Waals surface area (Å²) in [7, 11) is 0. The molecule has 15 rings (SSSR count). The summed E-state index contributed by atoms with van der Waals surface area (Å²) < 4.78 is 4.93. The fraction of sp³-hybridized carbons (Fsp3) is 0.118. The highest BCUT2D eigenvalue weighted by atomic mass is 15.2. The second-order valence-corrected chi connectivity index (χ2v) is 22.3. The third-order valence-electron chi connectivity index (χ3n) is 15.7. The zero-order chi connectivity index (χ0) is 49.8. The highest BCUT2D eigenvalue weighted by Gasteiger charge is 2.32. The molecule has 6 heteroatoms. The second-order valence-electron chi connectivity index (χ2n) is 22.3. The van der Waals surface area contributed by atoms with Crippen LogP contribution in [0.15, 0.2) is 206 Å². The van der Waals surface area contributed by atoms with Gasteiger partial charge in [-0.15, -0.1) is 0 Å². The van der Waals surface area contributed by atoms with Crippen molar-refractivity contribution < 1.29 is 0 Å². The molecule has 6 nitrogen and oxygen atoms in total. The molecular weight excluding hydrogens is 901 g/mol. The van der Waals surface area contributed by atoms with Crippen LogP contribution in [0, 0.1) is 0 Å². The van der Waals surface area contributed by atoms with Gasteiger partial charge >= 0.3 is 0 Å². The molecular formula is C68H52N6. The molecule has 10 aromatic carbocycles. The van der Waals surface area contributed by atoms with E-state index in [2.05, 4.69) is 266 Å². The normalized spacial score (nSPS) is 12.7. The van der Waals surface area contributed by atoms with Crippen LogP contribution >= 0.6 is 0 Å². The maximum atomic E-state index is 6.02. The van der Waals surface area contributed by atoms with Crippen LogP contribution < -0.4 is 9.80 Å². The lowest BCUT2D eigenvalue weighted by molar-refractivity contribution is 0.591. The van der Waals surface area contributed by atoms with Crippen LogP contribution in [0.25, 0.3) is 98.3 Å². The van der Waals surface area contributed by atoms with Crippen LogP contribution in [0.3, 0.4) is 0 Å². The monoisotopic (exact) mass is 952 g/mol. The summed E-state index contributed by atoms with van der Waals surface area (Å²) in [6.45, 7) is 13.9. The average molecular weight is 953 g/mol. The number of para-hydroxylation sites is 4. The molecule has 0 aliphatic carbocycles. The average Bonchev–Trinajstić information content (AvgIpc) is 4.15. The van der Waals surface area contributed by atoms with Crippen LogP contribution in [0.5, 0.6) is 0 Å². The van der Waals surface area contributed by atoms with Crippen molar-refractivity contribution in [1.82, 2.24) is 18.8 Å². The summed E-state index contributed by atoms with van der Waals surface area (Å²) in [5.74, 6) is 0. The Kier molecular flexibility index (Phi) is 8.80. The van der Waals surface area contributed by atoms with Crippen LogP contribution in [0.2, 0.25) is 0 Å². The van der Waals surface area contributed by atoms with Gasteiger partial charge in [0.05, 0.1) is 33.4 Å². The van der Waals surface area contributed by atoms with E-state index < -0.39 is 0 Å². The molecule has 354 valence electrons. The van der Waals surface area contributed by atoms with Crippen molar-refractivity contribution in [2.24, 2.45) is 0 Å². The lowest BCUT2D eigenvalue weighted by Crippen LogP contribution is -2.15. The maximum Gasteiger partial charge on any atom is 0.165 e. The highest BCUT2D eigenvalue weighted by Crippen LogP contribution is 2.52. The summed E-state index contributed by atoms with van der Waals surface area (Å²) in [4.78, 5) is 16.9. The summed E-state index contributed by atoms with van der Waals surface area (Å²) in [5, 5.41) is 11.8. The Hall–Kier alpha value is -9.00. The van der Waals surface area contributed by atoms with Gasteiger partial charge in [-0.25, -0.2) is 9.97 Å². The van der Waals surface area contributed by atoms with E-state index in [-0.39, 0.29) is 10.8 Å². The number of benzene rings is 10. The molecule has 0 saturated carbocycles. The molecule has 5 heterocycles. The van der Waals surface area contributed by atoms with Gasteiger partial charge < -0.3 is 9.80 Å². The topological polar surface area (TPSA) is 41.1 Å². The molecule has 0 amide bonds. The Morgan fingerprint density at radius 3 is 0.986 bits per heavy atom. The van der Waals surface area contributed by atoms with Crippen molar-refractivity contribution in [3.63, 3.8) is 0 Å². The van der Waals surface area contributed by atoms with E-state index in [1.54, 1.807) is 0 Å². The molecule has 0 N–H and O–H groups in total. The van der Waals surface area contributed by atoms with Crippen LogP contribution in [-0.4, -0.2) is 18.8 Å². The molecule has 0 fully saturated rings. The van der Waals surface area contributed by atoms with Crippen molar-refractivity contribution >= 4 is 132 Å². The molecule has 0 aliphatic rings. The molecule has 0 saturated heterocycles. The third kappa shape index (κ3) is 5.99. The van der Waals surface area contributed by atoms with Crippen molar-refractivity contribution in [2.45, 2.75) is 52.4 Å². The summed E-state index contributed by atoms with van der Waals surface area (Å²) in [6.07, 6.45) is 0. The molecule has 0 bridgehead atoms. The lowest BCUT2D eigenvalue weighted by atomic mass is 9.85. The predicted molar refractivity (Wildman–Crippen MR) is 313 cm³/mol. The Morgan fingerprint density at radius 1 is 0.324 bits per heavy atom. The number of hydrogen-bond acceptors (Lipinski definition) is 4. The first-order valence-corrected chi connectivity index (χ1v) is 25.8. The molecule has 0 spiro atoms. The van der Waals surface area contributed by atoms with Crippen molar-refractivity contribution in [1.29, 1.82) is 0 Å². The number of aromatic nitrogens is 4. The lowest BCUT2D eigenvalue weighted by Gasteiger charge is -2.29. The van der Waals surface area contributed by atoms with Crippen LogP contribution in [0.4, 0.5) is 34.1 Å². The SMILES string of the molecule is CC(C)(C)c1cc(N(c2ccccc2)c2ccccc2)c2c(c1)c1c3ccccc3cc3c4nc5c(nc4n2c31)c1cc2ccccc2c2c3cc(C(C)(C)C)cc(N(c4ccccc4)c4ccccc4)c3n5c12. The van der Waals surface area contributed by atoms with Gasteiger partial charge in [-0.2, -0.15) is 0 Å². The number of anilines is 6. The maximum absolute atomic E-state index is 6.02. The Labute approximate surface area is 428 Å². The molecule has 74 heavy (non-hydrogen) atoms. The first-order valence-electron chi connectivity index (χ1n) is 25.8. The predicted octanol–water partition coefficient (Wildman–Crippen LogP) is 18.6. The number of hydrogen-bond donors (Lipinski definition) is 0. The van der Waals surface area contributed by atoms with Gasteiger partial charge in [-0.1, -0.05) is 163 Å². The number of fused-ring (bicyclic) bond motifs is 16. The number of nitrogens with zero attached hydrogens (tertiary/aromatic N) is 6. The van der Waals surface area contributed by atoms with E-state index in [1.807, 2.05) is 0 Å². The minimum Gasteiger partial charge on any atom is -0.308 e.